The van der Waals surface area contributed by atoms with E-state index in [1.54, 1.807) is 0 Å². The first-order valence-corrected chi connectivity index (χ1v) is 6.81. The summed E-state index contributed by atoms with van der Waals surface area (Å²) in [5.74, 6) is 0.0294. The van der Waals surface area contributed by atoms with E-state index in [4.69, 9.17) is 5.73 Å². The fraction of sp³-hybridized carbons (Fsp3) is 0.615. The fourth-order valence-electron chi connectivity index (χ4n) is 1.67. The lowest BCUT2D eigenvalue weighted by Gasteiger charge is -2.09. The third-order valence-electron chi connectivity index (χ3n) is 2.73. The molecule has 2 amide bonds. The number of carbonyl (C=O) groups is 2. The Kier molecular flexibility index (Phi) is 6.02. The van der Waals surface area contributed by atoms with Gasteiger partial charge in [0.15, 0.2) is 0 Å². The van der Waals surface area contributed by atoms with Crippen molar-refractivity contribution in [3.8, 4) is 0 Å². The van der Waals surface area contributed by atoms with Crippen LogP contribution in [0.25, 0.3) is 0 Å². The van der Waals surface area contributed by atoms with Crippen molar-refractivity contribution in [3.05, 3.63) is 11.9 Å². The molecular formula is C13H23N5O2. The van der Waals surface area contributed by atoms with E-state index in [2.05, 4.69) is 15.7 Å². The van der Waals surface area contributed by atoms with Gasteiger partial charge in [-0.3, -0.25) is 14.3 Å². The van der Waals surface area contributed by atoms with Gasteiger partial charge >= 0.3 is 0 Å². The Morgan fingerprint density at radius 2 is 2.10 bits per heavy atom. The Morgan fingerprint density at radius 3 is 2.70 bits per heavy atom. The Balaban J connectivity index is 2.40. The van der Waals surface area contributed by atoms with Gasteiger partial charge in [-0.1, -0.05) is 13.8 Å². The van der Waals surface area contributed by atoms with E-state index in [1.807, 2.05) is 20.8 Å². The molecule has 1 aromatic rings. The van der Waals surface area contributed by atoms with Crippen molar-refractivity contribution in [2.75, 3.05) is 18.8 Å². The summed E-state index contributed by atoms with van der Waals surface area (Å²) in [6.07, 6.45) is 1.70. The standard InChI is InChI=1S/C13H23N5O2/c1-4-18-12(10(14)8-17-18)13(20)15-6-5-11(19)16-7-9(2)3/h8-9H,4-7,14H2,1-3H3,(H,15,20)(H,16,19). The van der Waals surface area contributed by atoms with E-state index in [1.165, 1.54) is 10.9 Å². The molecule has 0 bridgehead atoms. The second kappa shape index (κ2) is 7.52. The van der Waals surface area contributed by atoms with Crippen LogP contribution in [0.2, 0.25) is 0 Å². The highest BCUT2D eigenvalue weighted by atomic mass is 16.2. The molecular weight excluding hydrogens is 258 g/mol. The van der Waals surface area contributed by atoms with Crippen LogP contribution < -0.4 is 16.4 Å². The number of anilines is 1. The molecule has 1 heterocycles. The normalized spacial score (nSPS) is 10.6. The smallest absolute Gasteiger partial charge is 0.271 e. The van der Waals surface area contributed by atoms with Crippen LogP contribution in [-0.4, -0.2) is 34.7 Å². The lowest BCUT2D eigenvalue weighted by Crippen LogP contribution is -2.33. The van der Waals surface area contributed by atoms with Crippen molar-refractivity contribution in [1.82, 2.24) is 20.4 Å². The Morgan fingerprint density at radius 1 is 1.40 bits per heavy atom. The molecule has 0 spiro atoms. The Bertz CT molecular complexity index is 467. The summed E-state index contributed by atoms with van der Waals surface area (Å²) in [6, 6.07) is 0. The summed E-state index contributed by atoms with van der Waals surface area (Å²) < 4.78 is 1.53. The zero-order valence-corrected chi connectivity index (χ0v) is 12.3. The number of amides is 2. The minimum Gasteiger partial charge on any atom is -0.396 e. The summed E-state index contributed by atoms with van der Waals surface area (Å²) in [5.41, 5.74) is 6.39. The molecule has 0 fully saturated rings. The number of carbonyl (C=O) groups excluding carboxylic acids is 2. The summed E-state index contributed by atoms with van der Waals surface area (Å²) in [7, 11) is 0. The molecule has 0 atom stereocenters. The number of aromatic nitrogens is 2. The minimum atomic E-state index is -0.307. The minimum absolute atomic E-state index is 0.0732. The molecule has 0 aromatic carbocycles. The monoisotopic (exact) mass is 281 g/mol. The predicted molar refractivity (Wildman–Crippen MR) is 77.1 cm³/mol. The third kappa shape index (κ3) is 4.56. The van der Waals surface area contributed by atoms with Crippen LogP contribution >= 0.6 is 0 Å². The van der Waals surface area contributed by atoms with Crippen LogP contribution in [0.4, 0.5) is 5.69 Å². The summed E-state index contributed by atoms with van der Waals surface area (Å²) in [4.78, 5) is 23.5. The molecule has 1 aromatic heterocycles. The van der Waals surface area contributed by atoms with Crippen LogP contribution in [0, 0.1) is 5.92 Å². The molecule has 0 aliphatic heterocycles. The van der Waals surface area contributed by atoms with Crippen molar-refractivity contribution >= 4 is 17.5 Å². The molecule has 0 aliphatic carbocycles. The maximum Gasteiger partial charge on any atom is 0.271 e. The Labute approximate surface area is 118 Å². The third-order valence-corrected chi connectivity index (χ3v) is 2.73. The number of nitrogens with one attached hydrogen (secondary N) is 2. The van der Waals surface area contributed by atoms with Crippen LogP contribution in [0.3, 0.4) is 0 Å². The van der Waals surface area contributed by atoms with E-state index in [0.717, 1.165) is 0 Å². The van der Waals surface area contributed by atoms with E-state index in [9.17, 15) is 9.59 Å². The van der Waals surface area contributed by atoms with Gasteiger partial charge in [-0.2, -0.15) is 5.10 Å². The number of nitrogens with zero attached hydrogens (tertiary/aromatic N) is 2. The van der Waals surface area contributed by atoms with Gasteiger partial charge in [0.1, 0.15) is 5.69 Å². The fourth-order valence-corrected chi connectivity index (χ4v) is 1.67. The van der Waals surface area contributed by atoms with E-state index < -0.39 is 0 Å². The highest BCUT2D eigenvalue weighted by molar-refractivity contribution is 5.97. The quantitative estimate of drug-likeness (QED) is 0.672. The largest absolute Gasteiger partial charge is 0.396 e. The molecule has 112 valence electrons. The van der Waals surface area contributed by atoms with Crippen LogP contribution in [-0.2, 0) is 11.3 Å². The summed E-state index contributed by atoms with van der Waals surface area (Å²) >= 11 is 0. The number of aryl methyl sites for hydroxylation is 1. The molecule has 0 aliphatic rings. The maximum absolute atomic E-state index is 12.0. The topological polar surface area (TPSA) is 102 Å². The van der Waals surface area contributed by atoms with Crippen molar-refractivity contribution in [3.63, 3.8) is 0 Å². The second-order valence-corrected chi connectivity index (χ2v) is 4.97. The lowest BCUT2D eigenvalue weighted by molar-refractivity contribution is -0.121. The van der Waals surface area contributed by atoms with Gasteiger partial charge < -0.3 is 16.4 Å². The highest BCUT2D eigenvalue weighted by Crippen LogP contribution is 2.10. The molecule has 0 saturated heterocycles. The van der Waals surface area contributed by atoms with Crippen molar-refractivity contribution in [2.45, 2.75) is 33.7 Å². The van der Waals surface area contributed by atoms with Crippen molar-refractivity contribution in [1.29, 1.82) is 0 Å². The van der Waals surface area contributed by atoms with E-state index in [0.29, 0.717) is 30.4 Å². The zero-order chi connectivity index (χ0) is 15.1. The molecule has 7 heteroatoms. The van der Waals surface area contributed by atoms with Crippen LogP contribution in [0.1, 0.15) is 37.7 Å². The molecule has 0 radical (unpaired) electrons. The second-order valence-electron chi connectivity index (χ2n) is 4.97. The molecule has 4 N–H and O–H groups in total. The van der Waals surface area contributed by atoms with Crippen LogP contribution in [0.5, 0.6) is 0 Å². The Hall–Kier alpha value is -2.05. The van der Waals surface area contributed by atoms with Gasteiger partial charge in [0.25, 0.3) is 5.91 Å². The number of rotatable bonds is 7. The number of hydrogen-bond donors (Lipinski definition) is 3. The molecule has 7 nitrogen and oxygen atoms in total. The van der Waals surface area contributed by atoms with E-state index in [-0.39, 0.29) is 24.8 Å². The summed E-state index contributed by atoms with van der Waals surface area (Å²) in [6.45, 7) is 7.41. The maximum atomic E-state index is 12.0. The SMILES string of the molecule is CCn1ncc(N)c1C(=O)NCCC(=O)NCC(C)C. The van der Waals surface area contributed by atoms with E-state index >= 15 is 0 Å². The average molecular weight is 281 g/mol. The molecule has 0 saturated carbocycles. The van der Waals surface area contributed by atoms with Crippen molar-refractivity contribution < 1.29 is 9.59 Å². The summed E-state index contributed by atoms with van der Waals surface area (Å²) in [5, 5.41) is 9.47. The lowest BCUT2D eigenvalue weighted by atomic mass is 10.2. The molecule has 20 heavy (non-hydrogen) atoms. The first-order chi connectivity index (χ1) is 9.45. The highest BCUT2D eigenvalue weighted by Gasteiger charge is 2.15. The van der Waals surface area contributed by atoms with Gasteiger partial charge in [-0.25, -0.2) is 0 Å². The van der Waals surface area contributed by atoms with Gasteiger partial charge in [-0.15, -0.1) is 0 Å². The number of hydrogen-bond acceptors (Lipinski definition) is 4. The first-order valence-electron chi connectivity index (χ1n) is 6.81. The molecule has 0 unspecified atom stereocenters. The zero-order valence-electron chi connectivity index (χ0n) is 12.3. The van der Waals surface area contributed by atoms with Gasteiger partial charge in [0.2, 0.25) is 5.91 Å². The van der Waals surface area contributed by atoms with Gasteiger partial charge in [0.05, 0.1) is 11.9 Å². The van der Waals surface area contributed by atoms with Gasteiger partial charge in [0, 0.05) is 26.1 Å². The number of nitrogens with two attached hydrogens (primary N) is 1. The average Bonchev–Trinajstić information content (AvgIpc) is 2.77. The molecule has 1 rings (SSSR count). The van der Waals surface area contributed by atoms with Crippen LogP contribution in [0.15, 0.2) is 6.20 Å². The van der Waals surface area contributed by atoms with Gasteiger partial charge in [-0.05, 0) is 12.8 Å². The predicted octanol–water partition coefficient (Wildman–Crippen LogP) is 0.377. The number of nitrogen functional groups attached to an aromatic ring is 1. The first kappa shape index (κ1) is 16.0. The van der Waals surface area contributed by atoms with Crippen molar-refractivity contribution in [2.24, 2.45) is 5.92 Å².